The highest BCUT2D eigenvalue weighted by Gasteiger charge is 2.20. The highest BCUT2D eigenvalue weighted by atomic mass is 32.1. The Hall–Kier alpha value is -2.12. The van der Waals surface area contributed by atoms with Crippen molar-refractivity contribution in [2.24, 2.45) is 0 Å². The molecule has 120 valence electrons. The van der Waals surface area contributed by atoms with E-state index >= 15 is 0 Å². The van der Waals surface area contributed by atoms with Crippen LogP contribution >= 0.6 is 11.3 Å². The van der Waals surface area contributed by atoms with Crippen molar-refractivity contribution in [1.29, 1.82) is 0 Å². The molecule has 0 amide bonds. The smallest absolute Gasteiger partial charge is 0.257 e. The predicted octanol–water partition coefficient (Wildman–Crippen LogP) is 4.27. The second-order valence-corrected chi connectivity index (χ2v) is 6.20. The molecule has 1 atom stereocenters. The second kappa shape index (κ2) is 6.55. The maximum absolute atomic E-state index is 13.7. The third-order valence-electron chi connectivity index (χ3n) is 3.63. The minimum absolute atomic E-state index is 0.194. The topological polar surface area (TPSA) is 42.2 Å². The molecule has 0 aliphatic heterocycles. The molecule has 7 heteroatoms. The van der Waals surface area contributed by atoms with Gasteiger partial charge in [0.15, 0.2) is 0 Å². The number of thiophene rings is 1. The van der Waals surface area contributed by atoms with Crippen molar-refractivity contribution in [2.45, 2.75) is 19.5 Å². The van der Waals surface area contributed by atoms with Crippen molar-refractivity contribution in [3.05, 3.63) is 58.8 Å². The molecular formula is C16H15F2N3OS. The van der Waals surface area contributed by atoms with Gasteiger partial charge in [0.2, 0.25) is 5.89 Å². The molecular weight excluding hydrogens is 320 g/mol. The first-order chi connectivity index (χ1) is 11.0. The van der Waals surface area contributed by atoms with Gasteiger partial charge < -0.3 is 4.42 Å². The summed E-state index contributed by atoms with van der Waals surface area (Å²) in [5, 5.41) is 10.0. The van der Waals surface area contributed by atoms with Gasteiger partial charge in [0.1, 0.15) is 11.6 Å². The fraction of sp³-hybridized carbons (Fsp3) is 0.250. The third-order valence-corrected chi connectivity index (χ3v) is 4.48. The third kappa shape index (κ3) is 3.46. The monoisotopic (exact) mass is 335 g/mol. The van der Waals surface area contributed by atoms with E-state index in [1.54, 1.807) is 0 Å². The zero-order valence-electron chi connectivity index (χ0n) is 12.7. The van der Waals surface area contributed by atoms with Crippen LogP contribution < -0.4 is 0 Å². The Balaban J connectivity index is 1.73. The summed E-state index contributed by atoms with van der Waals surface area (Å²) in [6, 6.07) is 7.20. The molecule has 3 aromatic rings. The van der Waals surface area contributed by atoms with Crippen LogP contribution in [0.25, 0.3) is 10.8 Å². The van der Waals surface area contributed by atoms with Crippen LogP contribution in [0.1, 0.15) is 24.4 Å². The molecule has 2 aromatic heterocycles. The molecule has 0 aliphatic carbocycles. The first-order valence-corrected chi connectivity index (χ1v) is 7.94. The van der Waals surface area contributed by atoms with Crippen molar-refractivity contribution in [3.63, 3.8) is 0 Å². The molecule has 0 saturated carbocycles. The minimum Gasteiger partial charge on any atom is -0.418 e. The van der Waals surface area contributed by atoms with Gasteiger partial charge in [-0.05, 0) is 31.5 Å². The molecule has 1 aromatic carbocycles. The number of aromatic nitrogens is 2. The van der Waals surface area contributed by atoms with Crippen LogP contribution in [0.5, 0.6) is 0 Å². The van der Waals surface area contributed by atoms with E-state index in [0.29, 0.717) is 23.9 Å². The largest absolute Gasteiger partial charge is 0.418 e. The molecule has 3 rings (SSSR count). The van der Waals surface area contributed by atoms with E-state index in [0.717, 1.165) is 10.9 Å². The number of nitrogens with zero attached hydrogens (tertiary/aromatic N) is 3. The lowest BCUT2D eigenvalue weighted by Crippen LogP contribution is -2.22. The van der Waals surface area contributed by atoms with Crippen molar-refractivity contribution in [1.82, 2.24) is 15.1 Å². The lowest BCUT2D eigenvalue weighted by atomic mass is 10.1. The van der Waals surface area contributed by atoms with Crippen molar-refractivity contribution in [3.8, 4) is 10.8 Å². The van der Waals surface area contributed by atoms with Gasteiger partial charge in [0, 0.05) is 18.2 Å². The van der Waals surface area contributed by atoms with E-state index < -0.39 is 11.6 Å². The molecule has 0 aliphatic rings. The molecule has 2 heterocycles. The number of hydrogen-bond donors (Lipinski definition) is 0. The standard InChI is InChI=1S/C16H15F2N3OS/c1-10(15-19-20-16(22-15)14-4-3-7-23-14)21(2)9-11-5-6-12(17)8-13(11)18/h3-8,10H,9H2,1-2H3/t10-/m0/s1. The summed E-state index contributed by atoms with van der Waals surface area (Å²) in [4.78, 5) is 2.77. The Labute approximate surface area is 136 Å². The van der Waals surface area contributed by atoms with E-state index in [1.165, 1.54) is 23.5 Å². The first kappa shape index (κ1) is 15.8. The van der Waals surface area contributed by atoms with Gasteiger partial charge in [-0.15, -0.1) is 21.5 Å². The SMILES string of the molecule is C[C@@H](c1nnc(-c2cccs2)o1)N(C)Cc1ccc(F)cc1F. The minimum atomic E-state index is -0.584. The molecule has 0 saturated heterocycles. The van der Waals surface area contributed by atoms with Gasteiger partial charge in [-0.25, -0.2) is 8.78 Å². The van der Waals surface area contributed by atoms with E-state index in [2.05, 4.69) is 10.2 Å². The van der Waals surface area contributed by atoms with Crippen LogP contribution in [0.15, 0.2) is 40.1 Å². The molecule has 23 heavy (non-hydrogen) atoms. The summed E-state index contributed by atoms with van der Waals surface area (Å²) in [6.45, 7) is 2.21. The van der Waals surface area contributed by atoms with Gasteiger partial charge in [-0.2, -0.15) is 0 Å². The fourth-order valence-electron chi connectivity index (χ4n) is 2.15. The summed E-state index contributed by atoms with van der Waals surface area (Å²) in [5.74, 6) is -0.213. The Bertz CT molecular complexity index is 788. The molecule has 0 unspecified atom stereocenters. The van der Waals surface area contributed by atoms with E-state index in [4.69, 9.17) is 4.42 Å². The summed E-state index contributed by atoms with van der Waals surface area (Å²) in [6.07, 6.45) is 0. The van der Waals surface area contributed by atoms with Crippen LogP contribution in [-0.2, 0) is 6.54 Å². The fourth-order valence-corrected chi connectivity index (χ4v) is 2.79. The first-order valence-electron chi connectivity index (χ1n) is 7.06. The van der Waals surface area contributed by atoms with Crippen LogP contribution in [-0.4, -0.2) is 22.1 Å². The predicted molar refractivity (Wildman–Crippen MR) is 83.9 cm³/mol. The van der Waals surface area contributed by atoms with Crippen molar-refractivity contribution >= 4 is 11.3 Å². The normalized spacial score (nSPS) is 12.7. The maximum atomic E-state index is 13.7. The zero-order valence-corrected chi connectivity index (χ0v) is 13.5. The maximum Gasteiger partial charge on any atom is 0.257 e. The highest BCUT2D eigenvalue weighted by molar-refractivity contribution is 7.13. The second-order valence-electron chi connectivity index (χ2n) is 5.25. The molecule has 0 fully saturated rings. The van der Waals surface area contributed by atoms with Crippen molar-refractivity contribution in [2.75, 3.05) is 7.05 Å². The number of halogens is 2. The van der Waals surface area contributed by atoms with Crippen molar-refractivity contribution < 1.29 is 13.2 Å². The van der Waals surface area contributed by atoms with Gasteiger partial charge in [0.05, 0.1) is 10.9 Å². The van der Waals surface area contributed by atoms with E-state index in [1.807, 2.05) is 36.4 Å². The molecule has 4 nitrogen and oxygen atoms in total. The molecule has 0 spiro atoms. The lowest BCUT2D eigenvalue weighted by molar-refractivity contribution is 0.215. The van der Waals surface area contributed by atoms with Crippen LogP contribution in [0.4, 0.5) is 8.78 Å². The quantitative estimate of drug-likeness (QED) is 0.698. The molecule has 0 radical (unpaired) electrons. The van der Waals surface area contributed by atoms with Crippen LogP contribution in [0, 0.1) is 11.6 Å². The zero-order chi connectivity index (χ0) is 16.4. The Kier molecular flexibility index (Phi) is 4.49. The van der Waals surface area contributed by atoms with Crippen LogP contribution in [0.3, 0.4) is 0 Å². The Morgan fingerprint density at radius 1 is 1.26 bits per heavy atom. The van der Waals surface area contributed by atoms with Gasteiger partial charge in [0.25, 0.3) is 5.89 Å². The van der Waals surface area contributed by atoms with Crippen LogP contribution in [0.2, 0.25) is 0 Å². The number of benzene rings is 1. The number of rotatable bonds is 5. The Morgan fingerprint density at radius 3 is 2.78 bits per heavy atom. The average molecular weight is 335 g/mol. The molecule has 0 N–H and O–H groups in total. The van der Waals surface area contributed by atoms with Gasteiger partial charge >= 0.3 is 0 Å². The lowest BCUT2D eigenvalue weighted by Gasteiger charge is -2.21. The summed E-state index contributed by atoms with van der Waals surface area (Å²) in [5.41, 5.74) is 0.416. The Morgan fingerprint density at radius 2 is 2.09 bits per heavy atom. The van der Waals surface area contributed by atoms with E-state index in [-0.39, 0.29) is 6.04 Å². The van der Waals surface area contributed by atoms with Gasteiger partial charge in [-0.1, -0.05) is 12.1 Å². The van der Waals surface area contributed by atoms with E-state index in [9.17, 15) is 8.78 Å². The summed E-state index contributed by atoms with van der Waals surface area (Å²) < 4.78 is 32.4. The summed E-state index contributed by atoms with van der Waals surface area (Å²) in [7, 11) is 1.82. The number of hydrogen-bond acceptors (Lipinski definition) is 5. The highest BCUT2D eigenvalue weighted by Crippen LogP contribution is 2.27. The molecule has 0 bridgehead atoms. The summed E-state index contributed by atoms with van der Waals surface area (Å²) >= 11 is 1.52. The van der Waals surface area contributed by atoms with Gasteiger partial charge in [-0.3, -0.25) is 4.90 Å². The average Bonchev–Trinajstić information content (AvgIpc) is 3.19.